The number of aromatic nitrogens is 3. The van der Waals surface area contributed by atoms with E-state index >= 15 is 0 Å². The van der Waals surface area contributed by atoms with Gasteiger partial charge in [-0.3, -0.25) is 10.00 Å². The maximum Gasteiger partial charge on any atom is 0.320 e. The molecule has 0 saturated heterocycles. The molecule has 1 aromatic carbocycles. The van der Waals surface area contributed by atoms with Crippen LogP contribution < -0.4 is 16.0 Å². The first kappa shape index (κ1) is 18.4. The molecule has 0 saturated carbocycles. The number of nitrogens with one attached hydrogen (secondary N) is 3. The van der Waals surface area contributed by atoms with Crippen LogP contribution in [0.15, 0.2) is 60.8 Å². The molecule has 3 N–H and O–H groups in total. The topological polar surface area (TPSA) is 83.9 Å². The summed E-state index contributed by atoms with van der Waals surface area (Å²) in [7, 11) is 0. The van der Waals surface area contributed by atoms with E-state index in [0.29, 0.717) is 24.1 Å². The lowest BCUT2D eigenvalue weighted by atomic mass is 10.2. The molecule has 3 aromatic rings. The van der Waals surface area contributed by atoms with Crippen molar-refractivity contribution in [2.75, 3.05) is 10.6 Å². The Labute approximate surface area is 158 Å². The molecule has 0 bridgehead atoms. The standard InChI is InChI=1S/C20H24N6O/c1-15(2)14-26-17(11-12-22-26)13-21-20(27)25-19-10-6-9-18(24-19)23-16-7-4-3-5-8-16/h3-12,15H,13-14H2,1-2H3,(H3,21,23,24,25,27). The van der Waals surface area contributed by atoms with E-state index in [0.717, 1.165) is 17.9 Å². The summed E-state index contributed by atoms with van der Waals surface area (Å²) in [6.45, 7) is 5.49. The number of rotatable bonds is 7. The maximum absolute atomic E-state index is 12.2. The highest BCUT2D eigenvalue weighted by atomic mass is 16.2. The van der Waals surface area contributed by atoms with Crippen molar-refractivity contribution in [3.8, 4) is 0 Å². The van der Waals surface area contributed by atoms with E-state index in [1.807, 2.05) is 53.2 Å². The van der Waals surface area contributed by atoms with Crippen LogP contribution >= 0.6 is 0 Å². The van der Waals surface area contributed by atoms with Crippen molar-refractivity contribution in [2.24, 2.45) is 5.92 Å². The van der Waals surface area contributed by atoms with Crippen molar-refractivity contribution in [3.05, 3.63) is 66.5 Å². The second-order valence-corrected chi connectivity index (χ2v) is 6.61. The number of amides is 2. The highest BCUT2D eigenvalue weighted by Crippen LogP contribution is 2.15. The zero-order valence-electron chi connectivity index (χ0n) is 15.5. The van der Waals surface area contributed by atoms with Crippen LogP contribution in [0.4, 0.5) is 22.1 Å². The van der Waals surface area contributed by atoms with Crippen LogP contribution in [0.3, 0.4) is 0 Å². The molecule has 7 heteroatoms. The molecule has 7 nitrogen and oxygen atoms in total. The van der Waals surface area contributed by atoms with Gasteiger partial charge in [0.2, 0.25) is 0 Å². The summed E-state index contributed by atoms with van der Waals surface area (Å²) in [4.78, 5) is 16.6. The zero-order valence-corrected chi connectivity index (χ0v) is 15.5. The Morgan fingerprint density at radius 3 is 2.59 bits per heavy atom. The molecule has 3 rings (SSSR count). The van der Waals surface area contributed by atoms with Gasteiger partial charge in [-0.05, 0) is 36.2 Å². The second-order valence-electron chi connectivity index (χ2n) is 6.61. The molecule has 0 radical (unpaired) electrons. The van der Waals surface area contributed by atoms with Gasteiger partial charge in [0.05, 0.1) is 12.2 Å². The monoisotopic (exact) mass is 364 g/mol. The minimum atomic E-state index is -0.309. The first-order chi connectivity index (χ1) is 13.1. The number of carbonyl (C=O) groups excluding carboxylic acids is 1. The molecule has 27 heavy (non-hydrogen) atoms. The Morgan fingerprint density at radius 1 is 1.04 bits per heavy atom. The number of nitrogens with zero attached hydrogens (tertiary/aromatic N) is 3. The molecular formula is C20H24N6O. The van der Waals surface area contributed by atoms with Gasteiger partial charge < -0.3 is 10.6 Å². The van der Waals surface area contributed by atoms with E-state index in [1.165, 1.54) is 0 Å². The summed E-state index contributed by atoms with van der Waals surface area (Å²) in [6, 6.07) is 16.8. The van der Waals surface area contributed by atoms with Gasteiger partial charge in [-0.1, -0.05) is 38.1 Å². The van der Waals surface area contributed by atoms with E-state index in [-0.39, 0.29) is 6.03 Å². The number of benzene rings is 1. The van der Waals surface area contributed by atoms with Crippen LogP contribution in [0, 0.1) is 5.92 Å². The first-order valence-electron chi connectivity index (χ1n) is 8.95. The highest BCUT2D eigenvalue weighted by Gasteiger charge is 2.08. The fourth-order valence-electron chi connectivity index (χ4n) is 2.60. The van der Waals surface area contributed by atoms with Gasteiger partial charge in [-0.25, -0.2) is 9.78 Å². The number of para-hydroxylation sites is 1. The van der Waals surface area contributed by atoms with Gasteiger partial charge in [0.15, 0.2) is 0 Å². The van der Waals surface area contributed by atoms with Crippen molar-refractivity contribution in [2.45, 2.75) is 26.9 Å². The second kappa shape index (κ2) is 8.84. The Bertz CT molecular complexity index is 875. The highest BCUT2D eigenvalue weighted by molar-refractivity contribution is 5.88. The van der Waals surface area contributed by atoms with E-state index in [9.17, 15) is 4.79 Å². The van der Waals surface area contributed by atoms with Gasteiger partial charge in [0, 0.05) is 18.4 Å². The summed E-state index contributed by atoms with van der Waals surface area (Å²) >= 11 is 0. The van der Waals surface area contributed by atoms with Crippen molar-refractivity contribution in [1.29, 1.82) is 0 Å². The molecule has 2 amide bonds. The van der Waals surface area contributed by atoms with Gasteiger partial charge in [-0.2, -0.15) is 5.10 Å². The molecule has 0 aliphatic carbocycles. The SMILES string of the molecule is CC(C)Cn1nccc1CNC(=O)Nc1cccc(Nc2ccccc2)n1. The Morgan fingerprint density at radius 2 is 1.81 bits per heavy atom. The average molecular weight is 364 g/mol. The molecule has 2 aromatic heterocycles. The van der Waals surface area contributed by atoms with Crippen molar-refractivity contribution < 1.29 is 4.79 Å². The van der Waals surface area contributed by atoms with Crippen LogP contribution in [0.25, 0.3) is 0 Å². The number of urea groups is 1. The number of carbonyl (C=O) groups is 1. The Kier molecular flexibility index (Phi) is 6.04. The van der Waals surface area contributed by atoms with Crippen molar-refractivity contribution in [3.63, 3.8) is 0 Å². The predicted octanol–water partition coefficient (Wildman–Crippen LogP) is 4.00. The minimum absolute atomic E-state index is 0.309. The van der Waals surface area contributed by atoms with Crippen LogP contribution in [0.1, 0.15) is 19.5 Å². The van der Waals surface area contributed by atoms with Crippen molar-refractivity contribution in [1.82, 2.24) is 20.1 Å². The molecule has 0 aliphatic rings. The number of hydrogen-bond donors (Lipinski definition) is 3. The summed E-state index contributed by atoms with van der Waals surface area (Å²) < 4.78 is 1.91. The van der Waals surface area contributed by atoms with E-state index in [1.54, 1.807) is 12.3 Å². The molecule has 0 unspecified atom stereocenters. The summed E-state index contributed by atoms with van der Waals surface area (Å²) in [6.07, 6.45) is 1.75. The molecule has 0 aliphatic heterocycles. The van der Waals surface area contributed by atoms with Crippen molar-refractivity contribution >= 4 is 23.4 Å². The lowest BCUT2D eigenvalue weighted by Crippen LogP contribution is -2.29. The summed E-state index contributed by atoms with van der Waals surface area (Å²) in [5.41, 5.74) is 1.90. The fourth-order valence-corrected chi connectivity index (χ4v) is 2.60. The zero-order chi connectivity index (χ0) is 19.1. The maximum atomic E-state index is 12.2. The molecule has 0 atom stereocenters. The third-order valence-corrected chi connectivity index (χ3v) is 3.81. The van der Waals surface area contributed by atoms with Gasteiger partial charge in [0.25, 0.3) is 0 Å². The van der Waals surface area contributed by atoms with Crippen LogP contribution in [0.2, 0.25) is 0 Å². The quantitative estimate of drug-likeness (QED) is 0.592. The molecule has 2 heterocycles. The molecule has 0 spiro atoms. The van der Waals surface area contributed by atoms with E-state index in [2.05, 4.69) is 39.9 Å². The number of hydrogen-bond acceptors (Lipinski definition) is 4. The fraction of sp³-hybridized carbons (Fsp3) is 0.250. The third-order valence-electron chi connectivity index (χ3n) is 3.81. The lowest BCUT2D eigenvalue weighted by Gasteiger charge is -2.12. The summed E-state index contributed by atoms with van der Waals surface area (Å²) in [5, 5.41) is 13.1. The first-order valence-corrected chi connectivity index (χ1v) is 8.95. The van der Waals surface area contributed by atoms with E-state index in [4.69, 9.17) is 0 Å². The van der Waals surface area contributed by atoms with Gasteiger partial charge >= 0.3 is 6.03 Å². The molecule has 140 valence electrons. The lowest BCUT2D eigenvalue weighted by molar-refractivity contribution is 0.251. The Hall–Kier alpha value is -3.35. The molecular weight excluding hydrogens is 340 g/mol. The average Bonchev–Trinajstić information content (AvgIpc) is 3.07. The largest absolute Gasteiger partial charge is 0.340 e. The van der Waals surface area contributed by atoms with Crippen LogP contribution in [-0.2, 0) is 13.1 Å². The molecule has 0 fully saturated rings. The predicted molar refractivity (Wildman–Crippen MR) is 107 cm³/mol. The van der Waals surface area contributed by atoms with Gasteiger partial charge in [0.1, 0.15) is 11.6 Å². The Balaban J connectivity index is 1.55. The number of pyridine rings is 1. The number of anilines is 3. The van der Waals surface area contributed by atoms with Crippen LogP contribution in [0.5, 0.6) is 0 Å². The minimum Gasteiger partial charge on any atom is -0.340 e. The smallest absolute Gasteiger partial charge is 0.320 e. The van der Waals surface area contributed by atoms with Crippen LogP contribution in [-0.4, -0.2) is 20.8 Å². The summed E-state index contributed by atoms with van der Waals surface area (Å²) in [5.74, 6) is 1.62. The van der Waals surface area contributed by atoms with Gasteiger partial charge in [-0.15, -0.1) is 0 Å². The van der Waals surface area contributed by atoms with E-state index < -0.39 is 0 Å². The normalized spacial score (nSPS) is 10.6. The third kappa shape index (κ3) is 5.57.